The van der Waals surface area contributed by atoms with Crippen LogP contribution in [0.3, 0.4) is 0 Å². The van der Waals surface area contributed by atoms with Crippen LogP contribution in [0.1, 0.15) is 26.3 Å². The van der Waals surface area contributed by atoms with Gasteiger partial charge in [0.05, 0.1) is 0 Å². The quantitative estimate of drug-likeness (QED) is 0.611. The van der Waals surface area contributed by atoms with Crippen LogP contribution in [0.4, 0.5) is 0 Å². The van der Waals surface area contributed by atoms with Crippen molar-refractivity contribution in [3.05, 3.63) is 66.8 Å². The number of rotatable bonds is 3. The molecule has 0 amide bonds. The van der Waals surface area contributed by atoms with E-state index in [9.17, 15) is 0 Å². The largest absolute Gasteiger partial charge is 0.0912 e. The molecule has 0 fully saturated rings. The van der Waals surface area contributed by atoms with Gasteiger partial charge in [0.15, 0.2) is 0 Å². The molecule has 0 aliphatic rings. The van der Waals surface area contributed by atoms with E-state index in [1.165, 1.54) is 5.56 Å². The molecule has 0 heterocycles. The fraction of sp³-hybridized carbons (Fsp3) is 0.200. The third kappa shape index (κ3) is 5.69. The molecule has 0 unspecified atom stereocenters. The molecule has 1 aromatic carbocycles. The van der Waals surface area contributed by atoms with Gasteiger partial charge in [-0.1, -0.05) is 75.1 Å². The first kappa shape index (κ1) is 13.4. The van der Waals surface area contributed by atoms with Crippen molar-refractivity contribution >= 4 is 5.57 Å². The predicted molar refractivity (Wildman–Crippen MR) is 70.8 cm³/mol. The number of benzene rings is 1. The summed E-state index contributed by atoms with van der Waals surface area (Å²) >= 11 is 0. The van der Waals surface area contributed by atoms with Crippen molar-refractivity contribution in [2.45, 2.75) is 20.8 Å². The monoisotopic (exact) mass is 200 g/mol. The van der Waals surface area contributed by atoms with Gasteiger partial charge in [-0.2, -0.15) is 0 Å². The molecule has 0 saturated heterocycles. The Kier molecular flexibility index (Phi) is 8.08. The fourth-order valence-corrected chi connectivity index (χ4v) is 1.03. The normalized spacial score (nSPS) is 10.1. The van der Waals surface area contributed by atoms with E-state index in [1.807, 2.05) is 63.3 Å². The zero-order valence-corrected chi connectivity index (χ0v) is 9.90. The first-order chi connectivity index (χ1) is 7.34. The smallest absolute Gasteiger partial charge is 0.0190 e. The lowest BCUT2D eigenvalue weighted by molar-refractivity contribution is 1.50. The lowest BCUT2D eigenvalue weighted by atomic mass is 10.1. The first-order valence-electron chi connectivity index (χ1n) is 5.38. The molecule has 0 radical (unpaired) electrons. The Morgan fingerprint density at radius 3 is 2.20 bits per heavy atom. The van der Waals surface area contributed by atoms with Gasteiger partial charge < -0.3 is 0 Å². The van der Waals surface area contributed by atoms with E-state index < -0.39 is 0 Å². The molecule has 80 valence electrons. The van der Waals surface area contributed by atoms with Gasteiger partial charge in [0.1, 0.15) is 0 Å². The second-order valence-electron chi connectivity index (χ2n) is 2.78. The summed E-state index contributed by atoms with van der Waals surface area (Å²) in [7, 11) is 0. The van der Waals surface area contributed by atoms with Gasteiger partial charge in [-0.25, -0.2) is 0 Å². The zero-order valence-electron chi connectivity index (χ0n) is 9.90. The fourth-order valence-electron chi connectivity index (χ4n) is 1.03. The van der Waals surface area contributed by atoms with Crippen LogP contribution in [-0.4, -0.2) is 0 Å². The minimum Gasteiger partial charge on any atom is -0.0912 e. The van der Waals surface area contributed by atoms with Gasteiger partial charge in [0, 0.05) is 0 Å². The van der Waals surface area contributed by atoms with Crippen LogP contribution in [0.5, 0.6) is 0 Å². The van der Waals surface area contributed by atoms with Gasteiger partial charge in [-0.05, 0) is 18.1 Å². The van der Waals surface area contributed by atoms with E-state index in [1.54, 1.807) is 0 Å². The summed E-state index contributed by atoms with van der Waals surface area (Å²) in [6.07, 6.45) is 7.99. The van der Waals surface area contributed by atoms with Gasteiger partial charge in [0.25, 0.3) is 0 Å². The predicted octanol–water partition coefficient (Wildman–Crippen LogP) is 4.86. The van der Waals surface area contributed by atoms with Crippen molar-refractivity contribution in [3.63, 3.8) is 0 Å². The summed E-state index contributed by atoms with van der Waals surface area (Å²) in [6.45, 7) is 9.97. The topological polar surface area (TPSA) is 0 Å². The Bertz CT molecular complexity index is 315. The van der Waals surface area contributed by atoms with Gasteiger partial charge in [0.2, 0.25) is 0 Å². The summed E-state index contributed by atoms with van der Waals surface area (Å²) in [5.74, 6) is 0. The minimum absolute atomic E-state index is 1.04. The third-order valence-corrected chi connectivity index (χ3v) is 1.75. The van der Waals surface area contributed by atoms with Crippen molar-refractivity contribution in [2.75, 3.05) is 0 Å². The highest BCUT2D eigenvalue weighted by atomic mass is 13.9. The van der Waals surface area contributed by atoms with Crippen molar-refractivity contribution < 1.29 is 0 Å². The average molecular weight is 200 g/mol. The Labute approximate surface area is 93.7 Å². The van der Waals surface area contributed by atoms with Crippen LogP contribution in [-0.2, 0) is 0 Å². The molecule has 1 rings (SSSR count). The van der Waals surface area contributed by atoms with Crippen molar-refractivity contribution in [2.24, 2.45) is 0 Å². The molecule has 0 N–H and O–H groups in total. The second-order valence-corrected chi connectivity index (χ2v) is 2.78. The molecule has 0 nitrogen and oxygen atoms in total. The summed E-state index contributed by atoms with van der Waals surface area (Å²) < 4.78 is 0. The Morgan fingerprint density at radius 1 is 1.07 bits per heavy atom. The third-order valence-electron chi connectivity index (χ3n) is 1.75. The maximum atomic E-state index is 3.98. The molecule has 0 aliphatic heterocycles. The Hall–Kier alpha value is -1.56. The number of hydrogen-bond donors (Lipinski definition) is 0. The summed E-state index contributed by atoms with van der Waals surface area (Å²) in [5.41, 5.74) is 2.21. The van der Waals surface area contributed by atoms with E-state index in [0.29, 0.717) is 0 Å². The van der Waals surface area contributed by atoms with E-state index in [2.05, 4.69) is 18.7 Å². The summed E-state index contributed by atoms with van der Waals surface area (Å²) in [4.78, 5) is 0. The molecule has 0 bridgehead atoms. The van der Waals surface area contributed by atoms with Gasteiger partial charge in [-0.15, -0.1) is 0 Å². The van der Waals surface area contributed by atoms with Crippen LogP contribution in [0, 0.1) is 0 Å². The minimum atomic E-state index is 1.04. The van der Waals surface area contributed by atoms with Crippen molar-refractivity contribution in [1.29, 1.82) is 0 Å². The Morgan fingerprint density at radius 2 is 1.67 bits per heavy atom. The van der Waals surface area contributed by atoms with Crippen molar-refractivity contribution in [1.82, 2.24) is 0 Å². The van der Waals surface area contributed by atoms with E-state index in [4.69, 9.17) is 0 Å². The van der Waals surface area contributed by atoms with Crippen LogP contribution >= 0.6 is 0 Å². The van der Waals surface area contributed by atoms with E-state index in [-0.39, 0.29) is 0 Å². The number of hydrogen-bond acceptors (Lipinski definition) is 0. The summed E-state index contributed by atoms with van der Waals surface area (Å²) in [5, 5.41) is 0. The molecule has 1 aromatic rings. The standard InChI is InChI=1S/C13H14.C2H6/c1-3-4-6-9-12(2)13-10-7-5-8-11-13;1-2/h3-11H,2H2,1H3;1-2H3/b4-3-,9-6-;. The maximum absolute atomic E-state index is 3.98. The van der Waals surface area contributed by atoms with Crippen LogP contribution in [0.25, 0.3) is 5.57 Å². The van der Waals surface area contributed by atoms with E-state index in [0.717, 1.165) is 5.57 Å². The molecular formula is C15H20. The molecule has 0 atom stereocenters. The molecule has 0 spiro atoms. The summed E-state index contributed by atoms with van der Waals surface area (Å²) in [6, 6.07) is 10.2. The molecule has 0 heteroatoms. The highest BCUT2D eigenvalue weighted by molar-refractivity contribution is 5.72. The molecular weight excluding hydrogens is 180 g/mol. The number of allylic oxidation sites excluding steroid dienone is 5. The van der Waals surface area contributed by atoms with Gasteiger partial charge >= 0.3 is 0 Å². The van der Waals surface area contributed by atoms with E-state index >= 15 is 0 Å². The zero-order chi connectivity index (χ0) is 11.5. The second kappa shape index (κ2) is 9.01. The average Bonchev–Trinajstić information content (AvgIpc) is 2.33. The van der Waals surface area contributed by atoms with Crippen LogP contribution in [0.15, 0.2) is 61.2 Å². The highest BCUT2D eigenvalue weighted by Crippen LogP contribution is 2.12. The molecule has 0 aromatic heterocycles. The lowest BCUT2D eigenvalue weighted by Gasteiger charge is -1.97. The lowest BCUT2D eigenvalue weighted by Crippen LogP contribution is -1.75. The van der Waals surface area contributed by atoms with Crippen LogP contribution < -0.4 is 0 Å². The first-order valence-corrected chi connectivity index (χ1v) is 5.38. The SMILES string of the molecule is C=C(/C=C\C=C/C)c1ccccc1.CC. The Balaban J connectivity index is 0.000000921. The highest BCUT2D eigenvalue weighted by Gasteiger charge is 1.90. The molecule has 0 aliphatic carbocycles. The van der Waals surface area contributed by atoms with Crippen molar-refractivity contribution in [3.8, 4) is 0 Å². The van der Waals surface area contributed by atoms with Crippen LogP contribution in [0.2, 0.25) is 0 Å². The van der Waals surface area contributed by atoms with Gasteiger partial charge in [-0.3, -0.25) is 0 Å². The molecule has 15 heavy (non-hydrogen) atoms. The maximum Gasteiger partial charge on any atom is -0.0190 e. The molecule has 0 saturated carbocycles.